The summed E-state index contributed by atoms with van der Waals surface area (Å²) in [7, 11) is 0. The fourth-order valence-corrected chi connectivity index (χ4v) is 4.99. The third kappa shape index (κ3) is 4.13. The fourth-order valence-electron chi connectivity index (χ4n) is 4.57. The monoisotopic (exact) mass is 451 g/mol. The van der Waals surface area contributed by atoms with Gasteiger partial charge in [0.15, 0.2) is 0 Å². The number of fused-ring (bicyclic) bond motifs is 3. The number of nitrogens with one attached hydrogen (secondary N) is 1. The van der Waals surface area contributed by atoms with Crippen molar-refractivity contribution < 1.29 is 9.47 Å². The van der Waals surface area contributed by atoms with Crippen molar-refractivity contribution in [3.05, 3.63) is 100 Å². The van der Waals surface area contributed by atoms with E-state index in [1.165, 1.54) is 5.56 Å². The van der Waals surface area contributed by atoms with Gasteiger partial charge in [0.05, 0.1) is 16.1 Å². The lowest BCUT2D eigenvalue weighted by atomic mass is 9.77. The molecule has 0 radical (unpaired) electrons. The molecule has 3 aromatic rings. The molecule has 5 rings (SSSR count). The molecule has 3 unspecified atom stereocenters. The van der Waals surface area contributed by atoms with Crippen molar-refractivity contribution in [1.29, 1.82) is 0 Å². The maximum Gasteiger partial charge on any atom is 0.122 e. The summed E-state index contributed by atoms with van der Waals surface area (Å²) in [6.45, 7) is 0.992. The number of benzene rings is 3. The van der Waals surface area contributed by atoms with Gasteiger partial charge in [-0.25, -0.2) is 0 Å². The molecular weight excluding hydrogens is 429 g/mol. The summed E-state index contributed by atoms with van der Waals surface area (Å²) in [5, 5.41) is 4.93. The molecule has 1 heterocycles. The highest BCUT2D eigenvalue weighted by Crippen LogP contribution is 2.51. The first-order chi connectivity index (χ1) is 15.2. The lowest BCUT2D eigenvalue weighted by Crippen LogP contribution is -2.29. The van der Waals surface area contributed by atoms with Crippen molar-refractivity contribution in [1.82, 2.24) is 0 Å². The number of allylic oxidation sites excluding steroid dienone is 2. The lowest BCUT2D eigenvalue weighted by Gasteiger charge is -2.38. The van der Waals surface area contributed by atoms with Crippen molar-refractivity contribution in [2.24, 2.45) is 5.92 Å². The van der Waals surface area contributed by atoms with Crippen molar-refractivity contribution in [2.75, 3.05) is 18.5 Å². The van der Waals surface area contributed by atoms with E-state index in [4.69, 9.17) is 32.7 Å². The van der Waals surface area contributed by atoms with E-state index in [2.05, 4.69) is 35.7 Å². The molecule has 0 fully saturated rings. The van der Waals surface area contributed by atoms with Gasteiger partial charge in [-0.3, -0.25) is 0 Å². The van der Waals surface area contributed by atoms with E-state index in [1.54, 1.807) is 0 Å². The van der Waals surface area contributed by atoms with Crippen LogP contribution in [0.2, 0.25) is 10.0 Å². The van der Waals surface area contributed by atoms with Crippen LogP contribution in [0.4, 0.5) is 5.69 Å². The standard InChI is InChI=1S/C26H23Cl2NO2/c27-23-11-5-10-21(25(23)28)26-20-9-4-8-19(20)22-16-18(12-13-24(22)29-26)31-15-14-30-17-6-2-1-3-7-17/h1-8,10-13,16,19-20,26,29H,9,14-15H2. The van der Waals surface area contributed by atoms with E-state index in [-0.39, 0.29) is 6.04 Å². The molecule has 31 heavy (non-hydrogen) atoms. The molecule has 1 aliphatic heterocycles. The number of anilines is 1. The zero-order chi connectivity index (χ0) is 21.2. The van der Waals surface area contributed by atoms with Gasteiger partial charge >= 0.3 is 0 Å². The van der Waals surface area contributed by atoms with Gasteiger partial charge in [0.25, 0.3) is 0 Å². The summed E-state index contributed by atoms with van der Waals surface area (Å²) < 4.78 is 11.7. The van der Waals surface area contributed by atoms with E-state index >= 15 is 0 Å². The van der Waals surface area contributed by atoms with Gasteiger partial charge in [0.1, 0.15) is 24.7 Å². The van der Waals surface area contributed by atoms with Crippen LogP contribution in [0.1, 0.15) is 29.5 Å². The second-order valence-electron chi connectivity index (χ2n) is 7.88. The summed E-state index contributed by atoms with van der Waals surface area (Å²) in [6.07, 6.45) is 5.57. The van der Waals surface area contributed by atoms with Crippen LogP contribution >= 0.6 is 23.2 Å². The maximum absolute atomic E-state index is 6.56. The average Bonchev–Trinajstić information content (AvgIpc) is 3.29. The van der Waals surface area contributed by atoms with Gasteiger partial charge < -0.3 is 14.8 Å². The molecule has 0 bridgehead atoms. The van der Waals surface area contributed by atoms with Crippen LogP contribution in [0.15, 0.2) is 78.9 Å². The Kier molecular flexibility index (Phi) is 5.80. The number of hydrogen-bond donors (Lipinski definition) is 1. The first-order valence-corrected chi connectivity index (χ1v) is 11.3. The number of ether oxygens (including phenoxy) is 2. The highest BCUT2D eigenvalue weighted by atomic mass is 35.5. The summed E-state index contributed by atoms with van der Waals surface area (Å²) in [6, 6.07) is 22.0. The molecule has 2 aliphatic rings. The van der Waals surface area contributed by atoms with Crippen LogP contribution in [-0.4, -0.2) is 13.2 Å². The molecule has 1 aliphatic carbocycles. The Morgan fingerprint density at radius 3 is 2.48 bits per heavy atom. The highest BCUT2D eigenvalue weighted by Gasteiger charge is 2.39. The highest BCUT2D eigenvalue weighted by molar-refractivity contribution is 6.42. The van der Waals surface area contributed by atoms with Gasteiger partial charge in [-0.1, -0.05) is 65.7 Å². The number of rotatable bonds is 6. The van der Waals surface area contributed by atoms with Crippen molar-refractivity contribution >= 4 is 28.9 Å². The van der Waals surface area contributed by atoms with Crippen LogP contribution in [-0.2, 0) is 0 Å². The predicted octanol–water partition coefficient (Wildman–Crippen LogP) is 7.28. The van der Waals surface area contributed by atoms with Gasteiger partial charge in [0.2, 0.25) is 0 Å². The number of para-hydroxylation sites is 1. The minimum Gasteiger partial charge on any atom is -0.490 e. The molecule has 0 amide bonds. The Hall–Kier alpha value is -2.62. The second kappa shape index (κ2) is 8.86. The third-order valence-corrected chi connectivity index (χ3v) is 6.85. The largest absolute Gasteiger partial charge is 0.490 e. The fraction of sp³-hybridized carbons (Fsp3) is 0.231. The lowest BCUT2D eigenvalue weighted by molar-refractivity contribution is 0.217. The van der Waals surface area contributed by atoms with Crippen molar-refractivity contribution in [2.45, 2.75) is 18.4 Å². The van der Waals surface area contributed by atoms with Gasteiger partial charge in [-0.15, -0.1) is 0 Å². The molecule has 3 atom stereocenters. The minimum atomic E-state index is 0.116. The summed E-state index contributed by atoms with van der Waals surface area (Å²) in [5.74, 6) is 2.42. The minimum absolute atomic E-state index is 0.116. The summed E-state index contributed by atoms with van der Waals surface area (Å²) >= 11 is 12.9. The molecule has 5 heteroatoms. The molecule has 0 saturated heterocycles. The maximum atomic E-state index is 6.56. The second-order valence-corrected chi connectivity index (χ2v) is 8.66. The first-order valence-electron chi connectivity index (χ1n) is 10.5. The Labute approximate surface area is 192 Å². The van der Waals surface area contributed by atoms with Crippen molar-refractivity contribution in [3.8, 4) is 11.5 Å². The average molecular weight is 452 g/mol. The molecular formula is C26H23Cl2NO2. The smallest absolute Gasteiger partial charge is 0.122 e. The third-order valence-electron chi connectivity index (χ3n) is 6.01. The molecule has 1 N–H and O–H groups in total. The topological polar surface area (TPSA) is 30.5 Å². The van der Waals surface area contributed by atoms with Gasteiger partial charge in [0, 0.05) is 11.6 Å². The zero-order valence-electron chi connectivity index (χ0n) is 16.9. The van der Waals surface area contributed by atoms with Crippen LogP contribution in [0.25, 0.3) is 0 Å². The number of halogens is 2. The molecule has 158 valence electrons. The van der Waals surface area contributed by atoms with Crippen molar-refractivity contribution in [3.63, 3.8) is 0 Å². The Balaban J connectivity index is 1.32. The van der Waals surface area contributed by atoms with E-state index in [0.717, 1.165) is 29.2 Å². The summed E-state index contributed by atoms with van der Waals surface area (Å²) in [5.41, 5.74) is 3.42. The molecule has 0 saturated carbocycles. The van der Waals surface area contributed by atoms with Gasteiger partial charge in [-0.2, -0.15) is 0 Å². The van der Waals surface area contributed by atoms with Crippen LogP contribution < -0.4 is 14.8 Å². The molecule has 3 aromatic carbocycles. The van der Waals surface area contributed by atoms with E-state index in [0.29, 0.717) is 35.1 Å². The van der Waals surface area contributed by atoms with Crippen LogP contribution in [0.5, 0.6) is 11.5 Å². The van der Waals surface area contributed by atoms with Gasteiger partial charge in [-0.05, 0) is 59.9 Å². The normalized spacial score (nSPS) is 21.2. The van der Waals surface area contributed by atoms with Crippen LogP contribution in [0, 0.1) is 5.92 Å². The summed E-state index contributed by atoms with van der Waals surface area (Å²) in [4.78, 5) is 0. The molecule has 0 spiro atoms. The molecule has 3 nitrogen and oxygen atoms in total. The first kappa shape index (κ1) is 20.3. The molecule has 0 aromatic heterocycles. The Morgan fingerprint density at radius 2 is 1.65 bits per heavy atom. The van der Waals surface area contributed by atoms with E-state index in [1.807, 2.05) is 48.5 Å². The van der Waals surface area contributed by atoms with E-state index in [9.17, 15) is 0 Å². The van der Waals surface area contributed by atoms with E-state index < -0.39 is 0 Å². The Morgan fingerprint density at radius 1 is 0.839 bits per heavy atom. The quantitative estimate of drug-likeness (QED) is 0.315. The number of hydrogen-bond acceptors (Lipinski definition) is 3. The Bertz CT molecular complexity index is 1100. The SMILES string of the molecule is Clc1cccc(C2Nc3ccc(OCCOc4ccccc4)cc3C3C=CCC32)c1Cl. The van der Waals surface area contributed by atoms with Crippen LogP contribution in [0.3, 0.4) is 0 Å². The zero-order valence-corrected chi connectivity index (χ0v) is 18.4. The predicted molar refractivity (Wildman–Crippen MR) is 127 cm³/mol.